The summed E-state index contributed by atoms with van der Waals surface area (Å²) in [7, 11) is 0. The maximum absolute atomic E-state index is 13.7. The van der Waals surface area contributed by atoms with Gasteiger partial charge in [-0.15, -0.1) is 0 Å². The summed E-state index contributed by atoms with van der Waals surface area (Å²) in [4.78, 5) is 28.2. The fraction of sp³-hybridized carbons (Fsp3) is 0.167. The third-order valence-corrected chi connectivity index (χ3v) is 5.30. The van der Waals surface area contributed by atoms with Gasteiger partial charge in [0.2, 0.25) is 0 Å². The van der Waals surface area contributed by atoms with E-state index < -0.39 is 29.6 Å². The minimum absolute atomic E-state index is 0.0224. The molecule has 0 saturated heterocycles. The Hall–Kier alpha value is -2.58. The number of aliphatic carboxylic acids is 1. The van der Waals surface area contributed by atoms with E-state index in [4.69, 9.17) is 11.6 Å². The largest absolute Gasteiger partial charge is 0.480 e. The van der Waals surface area contributed by atoms with Gasteiger partial charge in [-0.05, 0) is 24.6 Å². The normalized spacial score (nSPS) is 13.1. The molecule has 1 unspecified atom stereocenters. The Morgan fingerprint density at radius 3 is 2.56 bits per heavy atom. The first-order chi connectivity index (χ1) is 12.8. The summed E-state index contributed by atoms with van der Waals surface area (Å²) in [5, 5.41) is 9.71. The highest BCUT2D eigenvalue weighted by atomic mass is 35.5. The minimum Gasteiger partial charge on any atom is -0.480 e. The van der Waals surface area contributed by atoms with Crippen molar-refractivity contribution in [3.63, 3.8) is 0 Å². The average Bonchev–Trinajstić information content (AvgIpc) is 2.93. The molecule has 1 atom stereocenters. The molecule has 27 heavy (non-hydrogen) atoms. The Morgan fingerprint density at radius 2 is 1.93 bits per heavy atom. The lowest BCUT2D eigenvalue weighted by molar-refractivity contribution is -0.140. The van der Waals surface area contributed by atoms with Crippen LogP contribution in [0.25, 0.3) is 10.2 Å². The lowest BCUT2D eigenvalue weighted by Crippen LogP contribution is -2.27. The van der Waals surface area contributed by atoms with E-state index in [1.165, 1.54) is 16.7 Å². The number of hydrogen-bond acceptors (Lipinski definition) is 3. The zero-order valence-corrected chi connectivity index (χ0v) is 15.5. The number of amides is 1. The van der Waals surface area contributed by atoms with Crippen LogP contribution in [-0.4, -0.2) is 21.6 Å². The number of carbonyl (C=O) groups excluding carboxylic acids is 1. The van der Waals surface area contributed by atoms with Crippen LogP contribution >= 0.6 is 22.9 Å². The van der Waals surface area contributed by atoms with Crippen LogP contribution in [0.2, 0.25) is 5.02 Å². The first-order valence-electron chi connectivity index (χ1n) is 7.90. The number of thiazole rings is 1. The number of fused-ring (bicyclic) bond motifs is 1. The quantitative estimate of drug-likeness (QED) is 0.692. The topological polar surface area (TPSA) is 71.7 Å². The lowest BCUT2D eigenvalue weighted by Gasteiger charge is -2.13. The summed E-state index contributed by atoms with van der Waals surface area (Å²) < 4.78 is 28.9. The highest BCUT2D eigenvalue weighted by Crippen LogP contribution is 2.25. The second-order valence-corrected chi connectivity index (χ2v) is 7.06. The highest BCUT2D eigenvalue weighted by Gasteiger charge is 2.23. The van der Waals surface area contributed by atoms with Crippen molar-refractivity contribution >= 4 is 45.0 Å². The molecule has 5 nitrogen and oxygen atoms in total. The molecule has 1 amide bonds. The predicted molar refractivity (Wildman–Crippen MR) is 98.0 cm³/mol. The second-order valence-electron chi connectivity index (χ2n) is 5.65. The Labute approximate surface area is 161 Å². The van der Waals surface area contributed by atoms with E-state index in [1.54, 1.807) is 19.1 Å². The molecule has 0 aliphatic heterocycles. The molecule has 0 bridgehead atoms. The molecule has 2 aromatic carbocycles. The maximum Gasteiger partial charge on any atom is 0.326 e. The van der Waals surface area contributed by atoms with Gasteiger partial charge in [0, 0.05) is 6.07 Å². The maximum atomic E-state index is 13.7. The van der Waals surface area contributed by atoms with E-state index in [9.17, 15) is 23.5 Å². The van der Waals surface area contributed by atoms with Gasteiger partial charge in [-0.1, -0.05) is 42.0 Å². The standard InChI is InChI=1S/C18H13ClF2N2O3S/c1-2-13(17(25)26)23-14-7-11(20)12(21)8-15(14)27-18(23)22-16(24)9-5-3-4-6-10(9)19/h3-8,13H,2H2,1H3,(H,25,26)/b22-18-. The molecule has 1 heterocycles. The van der Waals surface area contributed by atoms with Crippen LogP contribution in [0.3, 0.4) is 0 Å². The third-order valence-electron chi connectivity index (χ3n) is 3.95. The van der Waals surface area contributed by atoms with Gasteiger partial charge in [-0.2, -0.15) is 4.99 Å². The van der Waals surface area contributed by atoms with Crippen LogP contribution in [0.5, 0.6) is 0 Å². The molecule has 0 saturated carbocycles. The average molecular weight is 411 g/mol. The van der Waals surface area contributed by atoms with Gasteiger partial charge in [-0.3, -0.25) is 4.79 Å². The zero-order valence-electron chi connectivity index (χ0n) is 13.9. The van der Waals surface area contributed by atoms with Gasteiger partial charge in [0.15, 0.2) is 16.4 Å². The molecule has 3 aromatic rings. The number of aromatic nitrogens is 1. The fourth-order valence-electron chi connectivity index (χ4n) is 2.67. The molecule has 3 rings (SSSR count). The van der Waals surface area contributed by atoms with Crippen LogP contribution in [-0.2, 0) is 4.79 Å². The second kappa shape index (κ2) is 7.58. The number of benzene rings is 2. The number of hydrogen-bond donors (Lipinski definition) is 1. The van der Waals surface area contributed by atoms with Crippen LogP contribution in [0, 0.1) is 11.6 Å². The van der Waals surface area contributed by atoms with Gasteiger partial charge >= 0.3 is 5.97 Å². The number of halogens is 3. The van der Waals surface area contributed by atoms with Crippen molar-refractivity contribution < 1.29 is 23.5 Å². The molecule has 0 spiro atoms. The van der Waals surface area contributed by atoms with Crippen LogP contribution in [0.1, 0.15) is 29.7 Å². The Kier molecular flexibility index (Phi) is 5.38. The summed E-state index contributed by atoms with van der Waals surface area (Å²) in [5.74, 6) is -4.03. The molecular weight excluding hydrogens is 398 g/mol. The summed E-state index contributed by atoms with van der Waals surface area (Å²) in [6, 6.07) is 7.05. The smallest absolute Gasteiger partial charge is 0.326 e. The lowest BCUT2D eigenvalue weighted by atomic mass is 10.2. The van der Waals surface area contributed by atoms with Crippen LogP contribution in [0.4, 0.5) is 8.78 Å². The first kappa shape index (κ1) is 19.2. The van der Waals surface area contributed by atoms with Gasteiger partial charge < -0.3 is 9.67 Å². The summed E-state index contributed by atoms with van der Waals surface area (Å²) >= 11 is 6.91. The number of rotatable bonds is 4. The minimum atomic E-state index is -1.17. The number of carbonyl (C=O) groups is 2. The summed E-state index contributed by atoms with van der Waals surface area (Å²) in [6.07, 6.45) is 0.160. The predicted octanol–water partition coefficient (Wildman–Crippen LogP) is 4.41. The highest BCUT2D eigenvalue weighted by molar-refractivity contribution is 7.16. The zero-order chi connectivity index (χ0) is 19.7. The fourth-order valence-corrected chi connectivity index (χ4v) is 3.96. The molecule has 0 aliphatic rings. The van der Waals surface area contributed by atoms with Crippen molar-refractivity contribution in [1.29, 1.82) is 0 Å². The molecule has 0 radical (unpaired) electrons. The van der Waals surface area contributed by atoms with E-state index in [0.29, 0.717) is 0 Å². The SMILES string of the molecule is CCC(C(=O)O)n1/c(=N/C(=O)c2ccccc2Cl)sc2cc(F)c(F)cc21. The first-order valence-corrected chi connectivity index (χ1v) is 9.09. The van der Waals surface area contributed by atoms with E-state index in [0.717, 1.165) is 23.5 Å². The van der Waals surface area contributed by atoms with Crippen LogP contribution in [0.15, 0.2) is 41.4 Å². The Bertz CT molecular complexity index is 1120. The Morgan fingerprint density at radius 1 is 1.26 bits per heavy atom. The van der Waals surface area contributed by atoms with E-state index >= 15 is 0 Å². The van der Waals surface area contributed by atoms with E-state index in [2.05, 4.69) is 4.99 Å². The molecular formula is C18H13ClF2N2O3S. The summed E-state index contributed by atoms with van der Waals surface area (Å²) in [5.41, 5.74) is 0.294. The van der Waals surface area contributed by atoms with Crippen molar-refractivity contribution in [2.45, 2.75) is 19.4 Å². The van der Waals surface area contributed by atoms with Gasteiger partial charge in [0.1, 0.15) is 6.04 Å². The molecule has 1 aromatic heterocycles. The number of carboxylic acid groups (broad SMARTS) is 1. The summed E-state index contributed by atoms with van der Waals surface area (Å²) in [6.45, 7) is 1.63. The van der Waals surface area contributed by atoms with Crippen LogP contribution < -0.4 is 4.80 Å². The Balaban J connectivity index is 2.30. The molecule has 9 heteroatoms. The number of carboxylic acids is 1. The molecule has 0 aliphatic carbocycles. The monoisotopic (exact) mass is 410 g/mol. The van der Waals surface area contributed by atoms with E-state index in [-0.39, 0.29) is 32.0 Å². The van der Waals surface area contributed by atoms with Gasteiger partial charge in [0.05, 0.1) is 20.8 Å². The molecule has 1 N–H and O–H groups in total. The van der Waals surface area contributed by atoms with Gasteiger partial charge in [0.25, 0.3) is 5.91 Å². The van der Waals surface area contributed by atoms with Crippen molar-refractivity contribution in [1.82, 2.24) is 4.57 Å². The van der Waals surface area contributed by atoms with Crippen molar-refractivity contribution in [3.8, 4) is 0 Å². The van der Waals surface area contributed by atoms with Crippen molar-refractivity contribution in [2.75, 3.05) is 0 Å². The molecule has 0 fully saturated rings. The molecule has 140 valence electrons. The third kappa shape index (κ3) is 3.63. The van der Waals surface area contributed by atoms with Gasteiger partial charge in [-0.25, -0.2) is 13.6 Å². The van der Waals surface area contributed by atoms with E-state index in [1.807, 2.05) is 0 Å². The van der Waals surface area contributed by atoms with Crippen molar-refractivity contribution in [2.24, 2.45) is 4.99 Å². The number of nitrogens with zero attached hydrogens (tertiary/aromatic N) is 2. The van der Waals surface area contributed by atoms with Crippen molar-refractivity contribution in [3.05, 3.63) is 63.4 Å².